The molecule has 0 saturated heterocycles. The Morgan fingerprint density at radius 3 is 2.35 bits per heavy atom. The maximum absolute atomic E-state index is 14.3. The average Bonchev–Trinajstić information content (AvgIpc) is 2.67. The first-order valence-corrected chi connectivity index (χ1v) is 8.69. The van der Waals surface area contributed by atoms with E-state index in [9.17, 15) is 4.39 Å². The highest BCUT2D eigenvalue weighted by molar-refractivity contribution is 6.13. The Morgan fingerprint density at radius 1 is 0.654 bits per heavy atom. The van der Waals surface area contributed by atoms with Crippen molar-refractivity contribution in [2.45, 2.75) is 6.92 Å². The van der Waals surface area contributed by atoms with Crippen molar-refractivity contribution >= 4 is 32.4 Å². The van der Waals surface area contributed by atoms with Gasteiger partial charge in [0.25, 0.3) is 0 Å². The lowest BCUT2D eigenvalue weighted by molar-refractivity contribution is 0.640. The van der Waals surface area contributed by atoms with Crippen LogP contribution in [0.25, 0.3) is 43.7 Å². The van der Waals surface area contributed by atoms with Gasteiger partial charge in [-0.2, -0.15) is 0 Å². The molecule has 0 atom stereocenters. The fourth-order valence-corrected chi connectivity index (χ4v) is 3.75. The molecule has 0 fully saturated rings. The molecule has 0 aliphatic carbocycles. The molecule has 0 amide bonds. The summed E-state index contributed by atoms with van der Waals surface area (Å²) in [4.78, 5) is 4.96. The van der Waals surface area contributed by atoms with Gasteiger partial charge in [-0.25, -0.2) is 9.37 Å². The summed E-state index contributed by atoms with van der Waals surface area (Å²) < 4.78 is 14.3. The molecule has 1 nitrogen and oxygen atoms in total. The predicted octanol–water partition coefficient (Wildman–Crippen LogP) is 6.66. The van der Waals surface area contributed by atoms with Gasteiger partial charge in [-0.15, -0.1) is 0 Å². The normalized spacial score (nSPS) is 11.5. The fourth-order valence-electron chi connectivity index (χ4n) is 3.75. The van der Waals surface area contributed by atoms with E-state index in [1.165, 1.54) is 17.0 Å². The highest BCUT2D eigenvalue weighted by Gasteiger charge is 2.13. The summed E-state index contributed by atoms with van der Waals surface area (Å²) in [6.07, 6.45) is 0. The fraction of sp³-hybridized carbons (Fsp3) is 0.0417. The van der Waals surface area contributed by atoms with Crippen LogP contribution in [0.2, 0.25) is 0 Å². The van der Waals surface area contributed by atoms with E-state index >= 15 is 0 Å². The standard InChI is InChI=1S/C24H16FN/c1-15-12-13-20-21(14-15)18-6-2-3-11-23(18)26-24(20)19-9-4-8-17-16(19)7-5-10-22(17)25/h2-14H,1H3. The molecule has 0 aliphatic rings. The first kappa shape index (κ1) is 15.0. The first-order valence-electron chi connectivity index (χ1n) is 8.69. The topological polar surface area (TPSA) is 12.9 Å². The van der Waals surface area contributed by atoms with E-state index in [4.69, 9.17) is 4.98 Å². The molecule has 0 bridgehead atoms. The molecule has 124 valence electrons. The van der Waals surface area contributed by atoms with Gasteiger partial charge < -0.3 is 0 Å². The van der Waals surface area contributed by atoms with E-state index < -0.39 is 0 Å². The van der Waals surface area contributed by atoms with Gasteiger partial charge in [0.05, 0.1) is 11.2 Å². The largest absolute Gasteiger partial charge is 0.247 e. The lowest BCUT2D eigenvalue weighted by atomic mass is 9.95. The van der Waals surface area contributed by atoms with Crippen molar-refractivity contribution in [1.82, 2.24) is 4.98 Å². The Hall–Kier alpha value is -3.26. The summed E-state index contributed by atoms with van der Waals surface area (Å²) in [5, 5.41) is 4.92. The Balaban J connectivity index is 1.98. The highest BCUT2D eigenvalue weighted by atomic mass is 19.1. The number of hydrogen-bond acceptors (Lipinski definition) is 1. The van der Waals surface area contributed by atoms with E-state index in [1.807, 2.05) is 42.5 Å². The summed E-state index contributed by atoms with van der Waals surface area (Å²) in [5.74, 6) is -0.203. The number of pyridine rings is 1. The number of fused-ring (bicyclic) bond motifs is 4. The predicted molar refractivity (Wildman–Crippen MR) is 107 cm³/mol. The molecule has 0 radical (unpaired) electrons. The van der Waals surface area contributed by atoms with Crippen LogP contribution in [0.15, 0.2) is 78.9 Å². The molecule has 5 rings (SSSR count). The number of para-hydroxylation sites is 1. The molecule has 0 aliphatic heterocycles. The molecule has 5 aromatic rings. The van der Waals surface area contributed by atoms with Crippen molar-refractivity contribution in [3.63, 3.8) is 0 Å². The summed E-state index contributed by atoms with van der Waals surface area (Å²) in [6.45, 7) is 2.10. The van der Waals surface area contributed by atoms with Crippen molar-refractivity contribution < 1.29 is 4.39 Å². The van der Waals surface area contributed by atoms with E-state index in [0.717, 1.165) is 32.9 Å². The van der Waals surface area contributed by atoms with Crippen LogP contribution < -0.4 is 0 Å². The van der Waals surface area contributed by atoms with Crippen LogP contribution in [0.5, 0.6) is 0 Å². The van der Waals surface area contributed by atoms with E-state index in [-0.39, 0.29) is 5.82 Å². The molecule has 0 saturated carbocycles. The third-order valence-corrected chi connectivity index (χ3v) is 4.98. The second-order valence-electron chi connectivity index (χ2n) is 6.67. The lowest BCUT2D eigenvalue weighted by Crippen LogP contribution is -1.92. The first-order chi connectivity index (χ1) is 12.7. The summed E-state index contributed by atoms with van der Waals surface area (Å²) in [7, 11) is 0. The van der Waals surface area contributed by atoms with Crippen LogP contribution in [0, 0.1) is 12.7 Å². The summed E-state index contributed by atoms with van der Waals surface area (Å²) in [6, 6.07) is 25.6. The molecule has 0 unspecified atom stereocenters. The number of nitrogens with zero attached hydrogens (tertiary/aromatic N) is 1. The Labute approximate surface area is 150 Å². The number of hydrogen-bond donors (Lipinski definition) is 0. The minimum absolute atomic E-state index is 0.203. The Morgan fingerprint density at radius 2 is 1.42 bits per heavy atom. The quantitative estimate of drug-likeness (QED) is 0.312. The second kappa shape index (κ2) is 5.63. The molecule has 4 aromatic carbocycles. The Bertz CT molecular complexity index is 1300. The van der Waals surface area contributed by atoms with Crippen LogP contribution in [0.4, 0.5) is 4.39 Å². The van der Waals surface area contributed by atoms with Gasteiger partial charge in [0.15, 0.2) is 0 Å². The van der Waals surface area contributed by atoms with Crippen molar-refractivity contribution in [3.8, 4) is 11.3 Å². The van der Waals surface area contributed by atoms with Gasteiger partial charge in [0.2, 0.25) is 0 Å². The van der Waals surface area contributed by atoms with Crippen molar-refractivity contribution in [1.29, 1.82) is 0 Å². The molecule has 0 N–H and O–H groups in total. The van der Waals surface area contributed by atoms with E-state index in [2.05, 4.69) is 31.2 Å². The maximum Gasteiger partial charge on any atom is 0.131 e. The van der Waals surface area contributed by atoms with Crippen molar-refractivity contribution in [2.75, 3.05) is 0 Å². The van der Waals surface area contributed by atoms with E-state index in [1.54, 1.807) is 6.07 Å². The molecule has 2 heteroatoms. The van der Waals surface area contributed by atoms with Gasteiger partial charge in [-0.05, 0) is 29.8 Å². The van der Waals surface area contributed by atoms with Crippen LogP contribution >= 0.6 is 0 Å². The van der Waals surface area contributed by atoms with Crippen LogP contribution in [-0.2, 0) is 0 Å². The zero-order valence-electron chi connectivity index (χ0n) is 14.3. The zero-order valence-corrected chi connectivity index (χ0v) is 14.3. The summed E-state index contributed by atoms with van der Waals surface area (Å²) >= 11 is 0. The SMILES string of the molecule is Cc1ccc2c(-c3cccc4c(F)cccc34)nc3ccccc3c2c1. The smallest absolute Gasteiger partial charge is 0.131 e. The molecule has 1 aromatic heterocycles. The zero-order chi connectivity index (χ0) is 17.7. The number of rotatable bonds is 1. The van der Waals surface area contributed by atoms with Crippen LogP contribution in [0.1, 0.15) is 5.56 Å². The number of aromatic nitrogens is 1. The number of aryl methyl sites for hydroxylation is 1. The van der Waals surface area contributed by atoms with E-state index in [0.29, 0.717) is 5.39 Å². The van der Waals surface area contributed by atoms with Gasteiger partial charge in [0.1, 0.15) is 5.82 Å². The third-order valence-electron chi connectivity index (χ3n) is 4.98. The van der Waals surface area contributed by atoms with Gasteiger partial charge in [-0.1, -0.05) is 72.3 Å². The van der Waals surface area contributed by atoms with Gasteiger partial charge in [0, 0.05) is 21.7 Å². The summed E-state index contributed by atoms with van der Waals surface area (Å²) in [5.41, 5.74) is 4.02. The average molecular weight is 337 g/mol. The third kappa shape index (κ3) is 2.19. The highest BCUT2D eigenvalue weighted by Crippen LogP contribution is 2.36. The minimum Gasteiger partial charge on any atom is -0.247 e. The minimum atomic E-state index is -0.203. The van der Waals surface area contributed by atoms with Gasteiger partial charge in [-0.3, -0.25) is 0 Å². The van der Waals surface area contributed by atoms with Gasteiger partial charge >= 0.3 is 0 Å². The molecule has 26 heavy (non-hydrogen) atoms. The molecular formula is C24H16FN. The monoisotopic (exact) mass is 337 g/mol. The van der Waals surface area contributed by atoms with Crippen molar-refractivity contribution in [3.05, 3.63) is 90.2 Å². The van der Waals surface area contributed by atoms with Crippen LogP contribution in [0.3, 0.4) is 0 Å². The number of halogens is 1. The number of benzene rings is 4. The Kier molecular flexibility index (Phi) is 3.26. The van der Waals surface area contributed by atoms with Crippen molar-refractivity contribution in [2.24, 2.45) is 0 Å². The maximum atomic E-state index is 14.3. The molecule has 0 spiro atoms. The van der Waals surface area contributed by atoms with Crippen LogP contribution in [-0.4, -0.2) is 4.98 Å². The molecule has 1 heterocycles. The molecular weight excluding hydrogens is 321 g/mol. The second-order valence-corrected chi connectivity index (χ2v) is 6.67. The lowest BCUT2D eigenvalue weighted by Gasteiger charge is -2.13.